The number of rotatable bonds is 3. The van der Waals surface area contributed by atoms with Gasteiger partial charge in [-0.2, -0.15) is 0 Å². The third-order valence-corrected chi connectivity index (χ3v) is 2.37. The Hall–Kier alpha value is -1.78. The highest BCUT2D eigenvalue weighted by Gasteiger charge is 2.17. The number of amides is 1. The number of halogens is 1. The molecule has 1 rings (SSSR count). The number of ether oxygens (including phenoxy) is 1. The Morgan fingerprint density at radius 3 is 2.63 bits per heavy atom. The minimum Gasteiger partial charge on any atom is -0.444 e. The third kappa shape index (κ3) is 5.59. The standard InChI is InChI=1S/C14H21FN2O2/c1-9(17-13(18)19-14(2,3)4)7-10-5-6-11(15)12(16)8-10/h5-6,8-9H,7,16H2,1-4H3,(H,17,18). The van der Waals surface area contributed by atoms with Crippen LogP contribution in [0.25, 0.3) is 0 Å². The fraction of sp³-hybridized carbons (Fsp3) is 0.500. The first-order valence-corrected chi connectivity index (χ1v) is 6.21. The second-order valence-electron chi connectivity index (χ2n) is 5.61. The van der Waals surface area contributed by atoms with Gasteiger partial charge in [0.15, 0.2) is 0 Å². The van der Waals surface area contributed by atoms with Crippen molar-refractivity contribution >= 4 is 11.8 Å². The number of carbonyl (C=O) groups excluding carboxylic acids is 1. The summed E-state index contributed by atoms with van der Waals surface area (Å²) >= 11 is 0. The molecule has 0 spiro atoms. The number of anilines is 1. The van der Waals surface area contributed by atoms with Gasteiger partial charge >= 0.3 is 6.09 Å². The van der Waals surface area contributed by atoms with E-state index in [1.165, 1.54) is 6.07 Å². The zero-order valence-electron chi connectivity index (χ0n) is 11.8. The van der Waals surface area contributed by atoms with E-state index in [-0.39, 0.29) is 11.7 Å². The van der Waals surface area contributed by atoms with E-state index in [0.717, 1.165) is 5.56 Å². The fourth-order valence-electron chi connectivity index (χ4n) is 1.63. The zero-order valence-corrected chi connectivity index (χ0v) is 11.8. The largest absolute Gasteiger partial charge is 0.444 e. The predicted molar refractivity (Wildman–Crippen MR) is 73.3 cm³/mol. The van der Waals surface area contributed by atoms with Crippen LogP contribution in [-0.4, -0.2) is 17.7 Å². The Morgan fingerprint density at radius 1 is 1.47 bits per heavy atom. The summed E-state index contributed by atoms with van der Waals surface area (Å²) in [6, 6.07) is 4.42. The van der Waals surface area contributed by atoms with Crippen LogP contribution >= 0.6 is 0 Å². The van der Waals surface area contributed by atoms with E-state index >= 15 is 0 Å². The SMILES string of the molecule is CC(Cc1ccc(F)c(N)c1)NC(=O)OC(C)(C)C. The summed E-state index contributed by atoms with van der Waals surface area (Å²) in [6.45, 7) is 7.26. The molecule has 0 heterocycles. The van der Waals surface area contributed by atoms with Crippen LogP contribution in [0.5, 0.6) is 0 Å². The lowest BCUT2D eigenvalue weighted by Gasteiger charge is -2.22. The summed E-state index contributed by atoms with van der Waals surface area (Å²) in [7, 11) is 0. The van der Waals surface area contributed by atoms with E-state index in [9.17, 15) is 9.18 Å². The molecule has 0 fully saturated rings. The summed E-state index contributed by atoms with van der Waals surface area (Å²) in [6.07, 6.45) is 0.0964. The lowest BCUT2D eigenvalue weighted by molar-refractivity contribution is 0.0508. The van der Waals surface area contributed by atoms with Crippen LogP contribution in [0.3, 0.4) is 0 Å². The average molecular weight is 268 g/mol. The summed E-state index contributed by atoms with van der Waals surface area (Å²) in [5.41, 5.74) is 5.95. The van der Waals surface area contributed by atoms with Gasteiger partial charge in [0.1, 0.15) is 11.4 Å². The van der Waals surface area contributed by atoms with Gasteiger partial charge < -0.3 is 15.8 Å². The molecule has 1 aromatic rings. The van der Waals surface area contributed by atoms with Crippen molar-refractivity contribution in [2.45, 2.75) is 45.8 Å². The van der Waals surface area contributed by atoms with Crippen molar-refractivity contribution in [3.05, 3.63) is 29.6 Å². The van der Waals surface area contributed by atoms with E-state index in [1.807, 2.05) is 6.92 Å². The Kier molecular flexibility index (Phi) is 4.75. The number of hydrogen-bond donors (Lipinski definition) is 2. The minimum atomic E-state index is -0.524. The Morgan fingerprint density at radius 2 is 2.11 bits per heavy atom. The quantitative estimate of drug-likeness (QED) is 0.828. The summed E-state index contributed by atoms with van der Waals surface area (Å²) in [5, 5.41) is 2.72. The topological polar surface area (TPSA) is 64.3 Å². The maximum atomic E-state index is 13.0. The highest BCUT2D eigenvalue weighted by molar-refractivity contribution is 5.68. The molecule has 0 aromatic heterocycles. The second kappa shape index (κ2) is 5.91. The van der Waals surface area contributed by atoms with Gasteiger partial charge in [-0.15, -0.1) is 0 Å². The molecule has 1 unspecified atom stereocenters. The molecule has 1 amide bonds. The van der Waals surface area contributed by atoms with E-state index < -0.39 is 17.5 Å². The number of hydrogen-bond acceptors (Lipinski definition) is 3. The first-order valence-electron chi connectivity index (χ1n) is 6.21. The number of nitrogens with two attached hydrogens (primary N) is 1. The van der Waals surface area contributed by atoms with Crippen molar-refractivity contribution in [1.29, 1.82) is 0 Å². The normalized spacial score (nSPS) is 12.9. The van der Waals surface area contributed by atoms with Crippen LogP contribution in [0.1, 0.15) is 33.3 Å². The molecule has 1 aromatic carbocycles. The molecule has 3 N–H and O–H groups in total. The molecule has 19 heavy (non-hydrogen) atoms. The van der Waals surface area contributed by atoms with E-state index in [0.29, 0.717) is 6.42 Å². The molecular formula is C14H21FN2O2. The molecule has 1 atom stereocenters. The van der Waals surface area contributed by atoms with Gasteiger partial charge in [-0.1, -0.05) is 6.07 Å². The van der Waals surface area contributed by atoms with E-state index in [1.54, 1.807) is 32.9 Å². The molecule has 0 aliphatic heterocycles. The van der Waals surface area contributed by atoms with Gasteiger partial charge in [0.25, 0.3) is 0 Å². The van der Waals surface area contributed by atoms with Gasteiger partial charge in [0, 0.05) is 6.04 Å². The maximum absolute atomic E-state index is 13.0. The first kappa shape index (κ1) is 15.3. The summed E-state index contributed by atoms with van der Waals surface area (Å²) in [5.74, 6) is -0.434. The lowest BCUT2D eigenvalue weighted by atomic mass is 10.1. The van der Waals surface area contributed by atoms with Crippen molar-refractivity contribution in [2.75, 3.05) is 5.73 Å². The molecule has 5 heteroatoms. The Bertz CT molecular complexity index is 455. The molecule has 4 nitrogen and oxygen atoms in total. The first-order chi connectivity index (χ1) is 8.67. The Balaban J connectivity index is 2.53. The second-order valence-corrected chi connectivity index (χ2v) is 5.61. The molecule has 0 saturated carbocycles. The molecular weight excluding hydrogens is 247 g/mol. The van der Waals surface area contributed by atoms with Gasteiger partial charge in [0.2, 0.25) is 0 Å². The summed E-state index contributed by atoms with van der Waals surface area (Å²) < 4.78 is 18.2. The maximum Gasteiger partial charge on any atom is 0.407 e. The molecule has 0 aliphatic rings. The van der Waals surface area contributed by atoms with E-state index in [2.05, 4.69) is 5.32 Å². The van der Waals surface area contributed by atoms with Crippen LogP contribution < -0.4 is 11.1 Å². The lowest BCUT2D eigenvalue weighted by Crippen LogP contribution is -2.38. The number of nitrogens with one attached hydrogen (secondary N) is 1. The zero-order chi connectivity index (χ0) is 14.6. The molecule has 0 radical (unpaired) electrons. The smallest absolute Gasteiger partial charge is 0.407 e. The van der Waals surface area contributed by atoms with Crippen LogP contribution in [0.15, 0.2) is 18.2 Å². The molecule has 0 saturated heterocycles. The van der Waals surface area contributed by atoms with Gasteiger partial charge in [-0.25, -0.2) is 9.18 Å². The fourth-order valence-corrected chi connectivity index (χ4v) is 1.63. The van der Waals surface area contributed by atoms with Gasteiger partial charge in [-0.3, -0.25) is 0 Å². The van der Waals surface area contributed by atoms with Crippen molar-refractivity contribution in [3.8, 4) is 0 Å². The average Bonchev–Trinajstić information content (AvgIpc) is 2.20. The number of benzene rings is 1. The van der Waals surface area contributed by atoms with Crippen molar-refractivity contribution in [2.24, 2.45) is 0 Å². The number of nitrogen functional groups attached to an aromatic ring is 1. The number of carbonyl (C=O) groups is 1. The molecule has 106 valence electrons. The van der Waals surface area contributed by atoms with Crippen molar-refractivity contribution in [3.63, 3.8) is 0 Å². The summed E-state index contributed by atoms with van der Waals surface area (Å²) in [4.78, 5) is 11.6. The van der Waals surface area contributed by atoms with E-state index in [4.69, 9.17) is 10.5 Å². The van der Waals surface area contributed by atoms with Crippen LogP contribution in [0, 0.1) is 5.82 Å². The number of alkyl carbamates (subject to hydrolysis) is 1. The van der Waals surface area contributed by atoms with Gasteiger partial charge in [0.05, 0.1) is 5.69 Å². The Labute approximate surface area is 113 Å². The predicted octanol–water partition coefficient (Wildman–Crippen LogP) is 2.86. The van der Waals surface area contributed by atoms with Crippen LogP contribution in [0.2, 0.25) is 0 Å². The molecule has 0 bridgehead atoms. The highest BCUT2D eigenvalue weighted by Crippen LogP contribution is 2.14. The van der Waals surface area contributed by atoms with Crippen molar-refractivity contribution in [1.82, 2.24) is 5.32 Å². The van der Waals surface area contributed by atoms with Crippen LogP contribution in [-0.2, 0) is 11.2 Å². The van der Waals surface area contributed by atoms with Crippen LogP contribution in [0.4, 0.5) is 14.9 Å². The molecule has 0 aliphatic carbocycles. The third-order valence-electron chi connectivity index (χ3n) is 2.37. The van der Waals surface area contributed by atoms with Gasteiger partial charge in [-0.05, 0) is 51.8 Å². The minimum absolute atomic E-state index is 0.113. The highest BCUT2D eigenvalue weighted by atomic mass is 19.1. The monoisotopic (exact) mass is 268 g/mol. The van der Waals surface area contributed by atoms with Crippen molar-refractivity contribution < 1.29 is 13.9 Å².